The van der Waals surface area contributed by atoms with E-state index in [1.807, 2.05) is 42.5 Å². The summed E-state index contributed by atoms with van der Waals surface area (Å²) < 4.78 is 12.9. The predicted octanol–water partition coefficient (Wildman–Crippen LogP) is 3.76. The van der Waals surface area contributed by atoms with Crippen LogP contribution in [0.3, 0.4) is 0 Å². The van der Waals surface area contributed by atoms with Gasteiger partial charge in [-0.15, -0.1) is 0 Å². The first kappa shape index (κ1) is 20.0. The molecule has 1 aromatic heterocycles. The lowest BCUT2D eigenvalue weighted by atomic mass is 10.1. The number of methoxy groups -OCH3 is 2. The lowest BCUT2D eigenvalue weighted by Crippen LogP contribution is -2.46. The summed E-state index contributed by atoms with van der Waals surface area (Å²) in [6.07, 6.45) is 8.88. The van der Waals surface area contributed by atoms with Crippen molar-refractivity contribution in [3.8, 4) is 11.5 Å². The number of anilines is 1. The molecule has 0 aliphatic heterocycles. The van der Waals surface area contributed by atoms with E-state index < -0.39 is 0 Å². The van der Waals surface area contributed by atoms with Crippen LogP contribution in [0.1, 0.15) is 37.8 Å². The Labute approximate surface area is 166 Å². The molecular formula is C21H30N4O3. The van der Waals surface area contributed by atoms with Gasteiger partial charge >= 0.3 is 6.03 Å². The Hall–Kier alpha value is -2.70. The molecule has 1 aromatic carbocycles. The van der Waals surface area contributed by atoms with E-state index in [-0.39, 0.29) is 12.1 Å². The monoisotopic (exact) mass is 386 g/mol. The number of nitrogens with zero attached hydrogens (tertiary/aromatic N) is 3. The fraction of sp³-hybridized carbons (Fsp3) is 0.524. The highest BCUT2D eigenvalue weighted by Crippen LogP contribution is 2.35. The number of aromatic nitrogens is 2. The van der Waals surface area contributed by atoms with Crippen molar-refractivity contribution in [2.24, 2.45) is 0 Å². The lowest BCUT2D eigenvalue weighted by Gasteiger charge is -2.30. The minimum absolute atomic E-state index is 0.0542. The van der Waals surface area contributed by atoms with Gasteiger partial charge in [-0.25, -0.2) is 9.78 Å². The average Bonchev–Trinajstić information content (AvgIpc) is 3.37. The molecule has 1 aliphatic carbocycles. The number of urea groups is 1. The molecule has 3 rings (SSSR count). The molecule has 1 heterocycles. The summed E-state index contributed by atoms with van der Waals surface area (Å²) in [5, 5.41) is 3.09. The van der Waals surface area contributed by atoms with Gasteiger partial charge in [0.1, 0.15) is 0 Å². The number of ether oxygens (including phenoxy) is 2. The van der Waals surface area contributed by atoms with E-state index in [1.54, 1.807) is 14.2 Å². The van der Waals surface area contributed by atoms with E-state index in [0.29, 0.717) is 18.0 Å². The first-order valence-corrected chi connectivity index (χ1v) is 9.90. The highest BCUT2D eigenvalue weighted by molar-refractivity contribution is 5.93. The van der Waals surface area contributed by atoms with E-state index in [9.17, 15) is 4.79 Å². The minimum atomic E-state index is -0.0542. The highest BCUT2D eigenvalue weighted by atomic mass is 16.5. The number of amides is 2. The Morgan fingerprint density at radius 3 is 2.64 bits per heavy atom. The largest absolute Gasteiger partial charge is 0.493 e. The number of hydrogen-bond acceptors (Lipinski definition) is 4. The first-order valence-electron chi connectivity index (χ1n) is 9.90. The third kappa shape index (κ3) is 4.58. The van der Waals surface area contributed by atoms with Crippen molar-refractivity contribution >= 4 is 11.7 Å². The summed E-state index contributed by atoms with van der Waals surface area (Å²) in [6.45, 7) is 3.49. The minimum Gasteiger partial charge on any atom is -0.493 e. The molecule has 1 saturated carbocycles. The maximum Gasteiger partial charge on any atom is 0.322 e. The second kappa shape index (κ2) is 9.48. The van der Waals surface area contributed by atoms with Crippen LogP contribution >= 0.6 is 0 Å². The lowest BCUT2D eigenvalue weighted by molar-refractivity contribution is 0.243. The number of benzene rings is 1. The van der Waals surface area contributed by atoms with E-state index in [0.717, 1.165) is 50.0 Å². The summed E-state index contributed by atoms with van der Waals surface area (Å²) in [6, 6.07) is 5.82. The smallest absolute Gasteiger partial charge is 0.322 e. The fourth-order valence-corrected chi connectivity index (χ4v) is 3.78. The van der Waals surface area contributed by atoms with Gasteiger partial charge in [0.15, 0.2) is 11.5 Å². The zero-order chi connectivity index (χ0) is 19.9. The predicted molar refractivity (Wildman–Crippen MR) is 109 cm³/mol. The summed E-state index contributed by atoms with van der Waals surface area (Å²) in [5.74, 6) is 1.29. The molecule has 152 valence electrons. The summed E-state index contributed by atoms with van der Waals surface area (Å²) in [5.41, 5.74) is 1.97. The molecule has 1 aliphatic rings. The molecule has 1 fully saturated rings. The van der Waals surface area contributed by atoms with Crippen molar-refractivity contribution < 1.29 is 14.3 Å². The zero-order valence-electron chi connectivity index (χ0n) is 17.0. The quantitative estimate of drug-likeness (QED) is 0.702. The highest BCUT2D eigenvalue weighted by Gasteiger charge is 2.28. The van der Waals surface area contributed by atoms with Gasteiger partial charge in [0.25, 0.3) is 0 Å². The van der Waals surface area contributed by atoms with Gasteiger partial charge < -0.3 is 19.4 Å². The average molecular weight is 386 g/mol. The Morgan fingerprint density at radius 1 is 1.25 bits per heavy atom. The Morgan fingerprint density at radius 2 is 2.00 bits per heavy atom. The Bertz CT molecular complexity index is 784. The number of imidazole rings is 1. The van der Waals surface area contributed by atoms with Gasteiger partial charge in [-0.2, -0.15) is 0 Å². The van der Waals surface area contributed by atoms with Gasteiger partial charge in [0, 0.05) is 42.8 Å². The van der Waals surface area contributed by atoms with E-state index in [1.165, 1.54) is 0 Å². The zero-order valence-corrected chi connectivity index (χ0v) is 17.0. The molecule has 0 bridgehead atoms. The standard InChI is InChI=1S/C21H30N4O3/c1-16-14-22-15-24(16)12-6-11-23-21(26)25(17-7-4-5-8-17)18-9-10-19(27-2)20(13-18)28-3/h9-10,13-15,17H,4-8,11-12H2,1-3H3,(H,23,26). The van der Waals surface area contributed by atoms with Gasteiger partial charge in [-0.05, 0) is 38.3 Å². The number of carbonyl (C=O) groups excluding carboxylic acids is 1. The fourth-order valence-electron chi connectivity index (χ4n) is 3.78. The van der Waals surface area contributed by atoms with Crippen molar-refractivity contribution in [2.75, 3.05) is 25.7 Å². The molecule has 0 saturated heterocycles. The SMILES string of the molecule is COc1ccc(N(C(=O)NCCCn2cncc2C)C2CCCC2)cc1OC. The Kier molecular flexibility index (Phi) is 6.79. The molecule has 7 heteroatoms. The van der Waals surface area contributed by atoms with Crippen molar-refractivity contribution in [2.45, 2.75) is 51.6 Å². The molecule has 0 spiro atoms. The topological polar surface area (TPSA) is 68.6 Å². The number of nitrogens with one attached hydrogen (secondary N) is 1. The van der Waals surface area contributed by atoms with Crippen LogP contribution in [0.4, 0.5) is 10.5 Å². The van der Waals surface area contributed by atoms with Crippen LogP contribution in [-0.4, -0.2) is 42.4 Å². The van der Waals surface area contributed by atoms with E-state index >= 15 is 0 Å². The molecule has 0 radical (unpaired) electrons. The second-order valence-corrected chi connectivity index (χ2v) is 7.16. The maximum absolute atomic E-state index is 13.0. The molecule has 2 aromatic rings. The number of aryl methyl sites for hydroxylation is 2. The second-order valence-electron chi connectivity index (χ2n) is 7.16. The van der Waals surface area contributed by atoms with E-state index in [2.05, 4.69) is 14.9 Å². The number of hydrogen-bond donors (Lipinski definition) is 1. The van der Waals surface area contributed by atoms with Crippen LogP contribution in [-0.2, 0) is 6.54 Å². The van der Waals surface area contributed by atoms with Crippen molar-refractivity contribution in [1.29, 1.82) is 0 Å². The van der Waals surface area contributed by atoms with Crippen LogP contribution in [0.2, 0.25) is 0 Å². The van der Waals surface area contributed by atoms with Gasteiger partial charge in [0.05, 0.1) is 20.5 Å². The van der Waals surface area contributed by atoms with E-state index in [4.69, 9.17) is 9.47 Å². The van der Waals surface area contributed by atoms with Crippen LogP contribution in [0.25, 0.3) is 0 Å². The maximum atomic E-state index is 13.0. The van der Waals surface area contributed by atoms with Crippen molar-refractivity contribution in [3.05, 3.63) is 36.4 Å². The molecule has 0 atom stereocenters. The summed E-state index contributed by atoms with van der Waals surface area (Å²) >= 11 is 0. The van der Waals surface area contributed by atoms with Crippen molar-refractivity contribution in [3.63, 3.8) is 0 Å². The van der Waals surface area contributed by atoms with Crippen LogP contribution in [0.5, 0.6) is 11.5 Å². The number of rotatable bonds is 8. The summed E-state index contributed by atoms with van der Waals surface area (Å²) in [4.78, 5) is 19.1. The van der Waals surface area contributed by atoms with Crippen LogP contribution in [0, 0.1) is 6.92 Å². The third-order valence-corrected chi connectivity index (χ3v) is 5.33. The normalized spacial score (nSPS) is 14.1. The van der Waals surface area contributed by atoms with Gasteiger partial charge in [0.2, 0.25) is 0 Å². The molecule has 1 N–H and O–H groups in total. The molecular weight excluding hydrogens is 356 g/mol. The van der Waals surface area contributed by atoms with Crippen molar-refractivity contribution in [1.82, 2.24) is 14.9 Å². The van der Waals surface area contributed by atoms with Gasteiger partial charge in [-0.1, -0.05) is 12.8 Å². The van der Waals surface area contributed by atoms with Crippen LogP contribution < -0.4 is 19.7 Å². The molecule has 28 heavy (non-hydrogen) atoms. The molecule has 0 unspecified atom stereocenters. The summed E-state index contributed by atoms with van der Waals surface area (Å²) in [7, 11) is 3.22. The number of carbonyl (C=O) groups is 1. The van der Waals surface area contributed by atoms with Crippen LogP contribution in [0.15, 0.2) is 30.7 Å². The molecule has 2 amide bonds. The van der Waals surface area contributed by atoms with Gasteiger partial charge in [-0.3, -0.25) is 4.90 Å². The first-order chi connectivity index (χ1) is 13.6. The third-order valence-electron chi connectivity index (χ3n) is 5.33. The molecule has 7 nitrogen and oxygen atoms in total. The Balaban J connectivity index is 1.67.